The molecule has 0 spiro atoms. The fourth-order valence-corrected chi connectivity index (χ4v) is 8.15. The molecule has 2 aliphatic carbocycles. The summed E-state index contributed by atoms with van der Waals surface area (Å²) in [6.45, 7) is 0. The lowest BCUT2D eigenvalue weighted by Gasteiger charge is -2.15. The Kier molecular flexibility index (Phi) is 5.18. The summed E-state index contributed by atoms with van der Waals surface area (Å²) in [5.74, 6) is 0.263. The molecule has 1 atom stereocenters. The van der Waals surface area contributed by atoms with E-state index < -0.39 is 0 Å². The van der Waals surface area contributed by atoms with Gasteiger partial charge in [-0.25, -0.2) is 0 Å². The molecular formula is C44H29N. The first-order valence-corrected chi connectivity index (χ1v) is 15.9. The van der Waals surface area contributed by atoms with Gasteiger partial charge in [-0.2, -0.15) is 0 Å². The van der Waals surface area contributed by atoms with Gasteiger partial charge in [-0.1, -0.05) is 133 Å². The molecule has 0 saturated carbocycles. The third-order valence-corrected chi connectivity index (χ3v) is 10.1. The molecule has 0 fully saturated rings. The molecule has 0 bridgehead atoms. The normalized spacial score (nSPS) is 14.4. The lowest BCUT2D eigenvalue weighted by Crippen LogP contribution is -1.98. The number of hydrogen-bond donors (Lipinski definition) is 0. The first kappa shape index (κ1) is 24.7. The topological polar surface area (TPSA) is 4.93 Å². The molecule has 7 aromatic carbocycles. The molecule has 2 aliphatic rings. The minimum atomic E-state index is 0.263. The third-order valence-electron chi connectivity index (χ3n) is 10.1. The zero-order valence-electron chi connectivity index (χ0n) is 24.7. The van der Waals surface area contributed by atoms with Gasteiger partial charge in [-0.05, 0) is 86.3 Å². The van der Waals surface area contributed by atoms with Crippen LogP contribution in [-0.4, -0.2) is 4.57 Å². The predicted octanol–water partition coefficient (Wildman–Crippen LogP) is 11.2. The number of para-hydroxylation sites is 1. The fourth-order valence-electron chi connectivity index (χ4n) is 8.15. The van der Waals surface area contributed by atoms with E-state index in [0.29, 0.717) is 0 Å². The highest BCUT2D eigenvalue weighted by atomic mass is 15.0. The molecule has 210 valence electrons. The smallest absolute Gasteiger partial charge is 0.0547 e. The first-order valence-electron chi connectivity index (χ1n) is 15.9. The second kappa shape index (κ2) is 9.42. The van der Waals surface area contributed by atoms with Crippen molar-refractivity contribution in [1.29, 1.82) is 0 Å². The Morgan fingerprint density at radius 1 is 0.444 bits per heavy atom. The van der Waals surface area contributed by atoms with Crippen LogP contribution in [0.2, 0.25) is 0 Å². The van der Waals surface area contributed by atoms with Crippen LogP contribution < -0.4 is 0 Å². The van der Waals surface area contributed by atoms with E-state index in [1.807, 2.05) is 0 Å². The highest BCUT2D eigenvalue weighted by Crippen LogP contribution is 2.49. The molecule has 8 aromatic rings. The summed E-state index contributed by atoms with van der Waals surface area (Å²) in [6.07, 6.45) is 0.988. The average Bonchev–Trinajstić information content (AvgIpc) is 3.76. The molecule has 1 heterocycles. The van der Waals surface area contributed by atoms with E-state index in [0.717, 1.165) is 6.42 Å². The second-order valence-corrected chi connectivity index (χ2v) is 12.5. The Hall–Kier alpha value is -5.66. The van der Waals surface area contributed by atoms with Crippen molar-refractivity contribution < 1.29 is 0 Å². The Balaban J connectivity index is 1.19. The van der Waals surface area contributed by atoms with Crippen molar-refractivity contribution in [2.24, 2.45) is 0 Å². The molecule has 1 aromatic heterocycles. The summed E-state index contributed by atoms with van der Waals surface area (Å²) in [4.78, 5) is 0. The van der Waals surface area contributed by atoms with Gasteiger partial charge < -0.3 is 4.57 Å². The maximum Gasteiger partial charge on any atom is 0.0547 e. The van der Waals surface area contributed by atoms with Gasteiger partial charge in [0.25, 0.3) is 0 Å². The molecule has 1 nitrogen and oxygen atoms in total. The van der Waals surface area contributed by atoms with Gasteiger partial charge >= 0.3 is 0 Å². The molecule has 10 rings (SSSR count). The molecule has 1 unspecified atom stereocenters. The van der Waals surface area contributed by atoms with Gasteiger partial charge in [-0.15, -0.1) is 0 Å². The highest BCUT2D eigenvalue weighted by Gasteiger charge is 2.30. The summed E-state index contributed by atoms with van der Waals surface area (Å²) in [5, 5.41) is 2.57. The van der Waals surface area contributed by atoms with Crippen LogP contribution in [0.1, 0.15) is 33.7 Å². The Labute approximate surface area is 262 Å². The molecule has 0 saturated heterocycles. The van der Waals surface area contributed by atoms with Crippen LogP contribution in [0.3, 0.4) is 0 Å². The predicted molar refractivity (Wildman–Crippen MR) is 187 cm³/mol. The molecule has 0 amide bonds. The largest absolute Gasteiger partial charge is 0.309 e. The maximum absolute atomic E-state index is 2.50. The van der Waals surface area contributed by atoms with Crippen LogP contribution in [0.5, 0.6) is 0 Å². The van der Waals surface area contributed by atoms with Gasteiger partial charge in [-0.3, -0.25) is 0 Å². The SMILES string of the molecule is c1ccc(C2c3ccccc3-c3cc(-c4ccc5c6ccccc6n(-c6cccc7c6-c6ccccc6C7)c5c4)ccc32)cc1. The Bertz CT molecular complexity index is 2460. The molecule has 0 aliphatic heterocycles. The van der Waals surface area contributed by atoms with Crippen molar-refractivity contribution in [1.82, 2.24) is 4.57 Å². The second-order valence-electron chi connectivity index (χ2n) is 12.5. The van der Waals surface area contributed by atoms with Crippen LogP contribution in [-0.2, 0) is 6.42 Å². The number of benzene rings is 7. The van der Waals surface area contributed by atoms with Crippen LogP contribution >= 0.6 is 0 Å². The number of aromatic nitrogens is 1. The summed E-state index contributed by atoms with van der Waals surface area (Å²) >= 11 is 0. The highest BCUT2D eigenvalue weighted by molar-refractivity contribution is 6.11. The lowest BCUT2D eigenvalue weighted by molar-refractivity contribution is 1.02. The van der Waals surface area contributed by atoms with E-state index >= 15 is 0 Å². The summed E-state index contributed by atoms with van der Waals surface area (Å²) in [7, 11) is 0. The van der Waals surface area contributed by atoms with E-state index in [4.69, 9.17) is 0 Å². The van der Waals surface area contributed by atoms with Crippen LogP contribution in [0.4, 0.5) is 0 Å². The monoisotopic (exact) mass is 571 g/mol. The van der Waals surface area contributed by atoms with Crippen molar-refractivity contribution in [3.63, 3.8) is 0 Å². The maximum atomic E-state index is 2.50. The van der Waals surface area contributed by atoms with Gasteiger partial charge in [0.2, 0.25) is 0 Å². The quantitative estimate of drug-likeness (QED) is 0.199. The van der Waals surface area contributed by atoms with Crippen molar-refractivity contribution in [3.8, 4) is 39.1 Å². The number of nitrogens with zero attached hydrogens (tertiary/aromatic N) is 1. The van der Waals surface area contributed by atoms with Gasteiger partial charge in [0.1, 0.15) is 0 Å². The van der Waals surface area contributed by atoms with Crippen molar-refractivity contribution in [2.75, 3.05) is 0 Å². The average molecular weight is 572 g/mol. The fraction of sp³-hybridized carbons (Fsp3) is 0.0455. The molecule has 45 heavy (non-hydrogen) atoms. The zero-order valence-corrected chi connectivity index (χ0v) is 24.7. The van der Waals surface area contributed by atoms with Crippen LogP contribution in [0.15, 0.2) is 158 Å². The number of fused-ring (bicyclic) bond motifs is 9. The Morgan fingerprint density at radius 3 is 2.07 bits per heavy atom. The van der Waals surface area contributed by atoms with Crippen molar-refractivity contribution in [3.05, 3.63) is 186 Å². The minimum Gasteiger partial charge on any atom is -0.309 e. The van der Waals surface area contributed by atoms with E-state index in [1.54, 1.807) is 0 Å². The summed E-state index contributed by atoms with van der Waals surface area (Å²) < 4.78 is 2.50. The third kappa shape index (κ3) is 3.56. The molecule has 0 radical (unpaired) electrons. The van der Waals surface area contributed by atoms with Crippen molar-refractivity contribution >= 4 is 21.8 Å². The van der Waals surface area contributed by atoms with Crippen LogP contribution in [0, 0.1) is 0 Å². The van der Waals surface area contributed by atoms with Crippen LogP contribution in [0.25, 0.3) is 60.9 Å². The molecular weight excluding hydrogens is 542 g/mol. The minimum absolute atomic E-state index is 0.263. The van der Waals surface area contributed by atoms with Crippen molar-refractivity contribution in [2.45, 2.75) is 12.3 Å². The Morgan fingerprint density at radius 2 is 1.13 bits per heavy atom. The van der Waals surface area contributed by atoms with E-state index in [1.165, 1.54) is 88.7 Å². The lowest BCUT2D eigenvalue weighted by atomic mass is 9.89. The van der Waals surface area contributed by atoms with Gasteiger partial charge in [0, 0.05) is 22.3 Å². The number of rotatable bonds is 3. The first-order chi connectivity index (χ1) is 22.3. The summed E-state index contributed by atoms with van der Waals surface area (Å²) in [6, 6.07) is 58.6. The molecule has 0 N–H and O–H groups in total. The summed E-state index contributed by atoms with van der Waals surface area (Å²) in [5.41, 5.74) is 18.6. The molecule has 1 heteroatoms. The van der Waals surface area contributed by atoms with Gasteiger partial charge in [0.05, 0.1) is 16.7 Å². The zero-order chi connectivity index (χ0) is 29.5. The van der Waals surface area contributed by atoms with E-state index in [-0.39, 0.29) is 5.92 Å². The van der Waals surface area contributed by atoms with E-state index in [9.17, 15) is 0 Å². The standard InChI is InChI=1S/C44H29N/c1-2-11-28(12-3-1)43-37-18-7-6-16-34(37)39-26-29(22-24-38(39)43)30-21-23-36-35-17-8-9-19-40(35)45(42(36)27-30)41-20-10-14-32-25-31-13-4-5-15-33(31)44(32)41/h1-24,26-27,43H,25H2. The van der Waals surface area contributed by atoms with Gasteiger partial charge in [0.15, 0.2) is 0 Å². The van der Waals surface area contributed by atoms with E-state index in [2.05, 4.69) is 162 Å². The number of hydrogen-bond acceptors (Lipinski definition) is 0.